The molecule has 0 spiro atoms. The van der Waals surface area contributed by atoms with Crippen LogP contribution in [0.3, 0.4) is 0 Å². The molecule has 0 aliphatic rings. The molecule has 0 saturated carbocycles. The van der Waals surface area contributed by atoms with Crippen LogP contribution in [0.5, 0.6) is 0 Å². The monoisotopic (exact) mass is 204 g/mol. The molecule has 1 aromatic rings. The van der Waals surface area contributed by atoms with Gasteiger partial charge in [0.05, 0.1) is 5.02 Å². The van der Waals surface area contributed by atoms with Crippen molar-refractivity contribution in [2.45, 2.75) is 6.10 Å². The summed E-state index contributed by atoms with van der Waals surface area (Å²) in [4.78, 5) is 3.82. The third kappa shape index (κ3) is 2.15. The minimum Gasteiger partial charge on any atom is -0.374 e. The number of aromatic nitrogens is 1. The van der Waals surface area contributed by atoms with Crippen LogP contribution in [0.1, 0.15) is 11.8 Å². The predicted molar refractivity (Wildman–Crippen MR) is 48.0 cm³/mol. The molecule has 1 rings (SSSR count). The molecular formula is C8H10ClFN2O. The Hall–Kier alpha value is -0.710. The zero-order valence-electron chi connectivity index (χ0n) is 7.13. The van der Waals surface area contributed by atoms with Gasteiger partial charge in [0.1, 0.15) is 11.8 Å². The van der Waals surface area contributed by atoms with Crippen LogP contribution in [0.25, 0.3) is 0 Å². The Morgan fingerprint density at radius 1 is 1.77 bits per heavy atom. The van der Waals surface area contributed by atoms with Crippen molar-refractivity contribution in [1.82, 2.24) is 4.98 Å². The first-order valence-corrected chi connectivity index (χ1v) is 4.11. The largest absolute Gasteiger partial charge is 0.374 e. The van der Waals surface area contributed by atoms with Gasteiger partial charge in [-0.2, -0.15) is 0 Å². The Labute approximate surface area is 80.7 Å². The summed E-state index contributed by atoms with van der Waals surface area (Å²) in [6.07, 6.45) is 0.876. The van der Waals surface area contributed by atoms with Crippen molar-refractivity contribution in [3.63, 3.8) is 0 Å². The Morgan fingerprint density at radius 2 is 2.46 bits per heavy atom. The van der Waals surface area contributed by atoms with Crippen molar-refractivity contribution < 1.29 is 9.13 Å². The van der Waals surface area contributed by atoms with Gasteiger partial charge in [0.25, 0.3) is 0 Å². The van der Waals surface area contributed by atoms with E-state index in [2.05, 4.69) is 4.98 Å². The molecule has 0 aliphatic heterocycles. The third-order valence-electron chi connectivity index (χ3n) is 1.67. The molecule has 3 nitrogen and oxygen atoms in total. The first kappa shape index (κ1) is 10.4. The summed E-state index contributed by atoms with van der Waals surface area (Å²) in [6, 6.07) is 1.38. The topological polar surface area (TPSA) is 48.1 Å². The number of hydrogen-bond donors (Lipinski definition) is 1. The number of rotatable bonds is 3. The van der Waals surface area contributed by atoms with Crippen molar-refractivity contribution in [2.24, 2.45) is 5.73 Å². The van der Waals surface area contributed by atoms with Crippen LogP contribution in [-0.2, 0) is 4.74 Å². The average Bonchev–Trinajstić information content (AvgIpc) is 2.14. The number of nitrogens with zero attached hydrogens (tertiary/aromatic N) is 1. The number of hydrogen-bond acceptors (Lipinski definition) is 3. The first-order valence-electron chi connectivity index (χ1n) is 3.73. The fraction of sp³-hybridized carbons (Fsp3) is 0.375. The van der Waals surface area contributed by atoms with E-state index < -0.39 is 11.9 Å². The maximum Gasteiger partial charge on any atom is 0.166 e. The lowest BCUT2D eigenvalue weighted by Crippen LogP contribution is -2.17. The van der Waals surface area contributed by atoms with Crippen LogP contribution in [0, 0.1) is 5.82 Å². The molecule has 0 fully saturated rings. The van der Waals surface area contributed by atoms with E-state index in [-0.39, 0.29) is 17.3 Å². The quantitative estimate of drug-likeness (QED) is 0.812. The Morgan fingerprint density at radius 3 is 3.00 bits per heavy atom. The summed E-state index contributed by atoms with van der Waals surface area (Å²) < 4.78 is 18.2. The van der Waals surface area contributed by atoms with E-state index in [4.69, 9.17) is 22.1 Å². The van der Waals surface area contributed by atoms with E-state index in [9.17, 15) is 4.39 Å². The van der Waals surface area contributed by atoms with Gasteiger partial charge in [0.2, 0.25) is 0 Å². The Balaban J connectivity index is 3.05. The minimum atomic E-state index is -0.568. The van der Waals surface area contributed by atoms with Gasteiger partial charge < -0.3 is 10.5 Å². The van der Waals surface area contributed by atoms with Crippen LogP contribution >= 0.6 is 11.6 Å². The summed E-state index contributed by atoms with van der Waals surface area (Å²) >= 11 is 5.56. The first-order chi connectivity index (χ1) is 6.20. The van der Waals surface area contributed by atoms with Crippen LogP contribution in [0.2, 0.25) is 5.02 Å². The molecule has 72 valence electrons. The molecule has 2 N–H and O–H groups in total. The lowest BCUT2D eigenvalue weighted by atomic mass is 10.2. The summed E-state index contributed by atoms with van der Waals surface area (Å²) in [5, 5.41) is 0.0282. The van der Waals surface area contributed by atoms with Crippen molar-refractivity contribution >= 4 is 11.6 Å². The second kappa shape index (κ2) is 4.50. The fourth-order valence-corrected chi connectivity index (χ4v) is 1.13. The molecule has 5 heteroatoms. The maximum atomic E-state index is 13.3. The number of pyridine rings is 1. The molecule has 0 amide bonds. The van der Waals surface area contributed by atoms with E-state index in [1.807, 2.05) is 0 Å². The van der Waals surface area contributed by atoms with Crippen molar-refractivity contribution in [1.29, 1.82) is 0 Å². The zero-order chi connectivity index (χ0) is 9.84. The van der Waals surface area contributed by atoms with Gasteiger partial charge in [-0.1, -0.05) is 11.6 Å². The number of ether oxygens (including phenoxy) is 1. The molecule has 0 radical (unpaired) electrons. The summed E-state index contributed by atoms with van der Waals surface area (Å²) in [5.41, 5.74) is 5.51. The summed E-state index contributed by atoms with van der Waals surface area (Å²) in [5.74, 6) is -0.568. The highest BCUT2D eigenvalue weighted by atomic mass is 35.5. The molecule has 0 bridgehead atoms. The van der Waals surface area contributed by atoms with Gasteiger partial charge in [0.15, 0.2) is 5.82 Å². The van der Waals surface area contributed by atoms with Crippen molar-refractivity contribution in [3.8, 4) is 0 Å². The van der Waals surface area contributed by atoms with Gasteiger partial charge in [-0.3, -0.25) is 4.98 Å². The van der Waals surface area contributed by atoms with Gasteiger partial charge >= 0.3 is 0 Å². The summed E-state index contributed by atoms with van der Waals surface area (Å²) in [7, 11) is 1.44. The smallest absolute Gasteiger partial charge is 0.166 e. The minimum absolute atomic E-state index is 0.0282. The molecule has 0 aromatic carbocycles. The third-order valence-corrected chi connectivity index (χ3v) is 1.96. The van der Waals surface area contributed by atoms with Crippen LogP contribution < -0.4 is 5.73 Å². The fourth-order valence-electron chi connectivity index (χ4n) is 0.979. The van der Waals surface area contributed by atoms with E-state index in [0.717, 1.165) is 0 Å². The molecule has 0 unspecified atom stereocenters. The van der Waals surface area contributed by atoms with Crippen molar-refractivity contribution in [3.05, 3.63) is 28.8 Å². The van der Waals surface area contributed by atoms with Gasteiger partial charge in [-0.25, -0.2) is 4.39 Å². The van der Waals surface area contributed by atoms with Gasteiger partial charge in [-0.15, -0.1) is 0 Å². The highest BCUT2D eigenvalue weighted by Crippen LogP contribution is 2.22. The van der Waals surface area contributed by atoms with Crippen LogP contribution in [0.15, 0.2) is 12.3 Å². The SMILES string of the molecule is CO[C@@H](CN)c1nccc(Cl)c1F. The molecule has 0 aliphatic carbocycles. The highest BCUT2D eigenvalue weighted by molar-refractivity contribution is 6.30. The molecule has 1 atom stereocenters. The number of halogens is 2. The molecule has 1 aromatic heterocycles. The highest BCUT2D eigenvalue weighted by Gasteiger charge is 2.16. The Bertz CT molecular complexity index is 291. The summed E-state index contributed by atoms with van der Waals surface area (Å²) in [6.45, 7) is 0.167. The van der Waals surface area contributed by atoms with E-state index >= 15 is 0 Å². The average molecular weight is 205 g/mol. The lowest BCUT2D eigenvalue weighted by Gasteiger charge is -2.12. The molecule has 1 heterocycles. The molecule has 13 heavy (non-hydrogen) atoms. The maximum absolute atomic E-state index is 13.3. The predicted octanol–water partition coefficient (Wildman–Crippen LogP) is 1.52. The zero-order valence-corrected chi connectivity index (χ0v) is 7.88. The molecular weight excluding hydrogens is 195 g/mol. The van der Waals surface area contributed by atoms with E-state index in [1.165, 1.54) is 19.4 Å². The van der Waals surface area contributed by atoms with Gasteiger partial charge in [0, 0.05) is 19.9 Å². The lowest BCUT2D eigenvalue weighted by molar-refractivity contribution is 0.103. The van der Waals surface area contributed by atoms with Crippen LogP contribution in [-0.4, -0.2) is 18.6 Å². The normalized spacial score (nSPS) is 12.9. The Kier molecular flexibility index (Phi) is 3.59. The second-order valence-corrected chi connectivity index (χ2v) is 2.86. The molecule has 0 saturated heterocycles. The number of nitrogens with two attached hydrogens (primary N) is 1. The number of methoxy groups -OCH3 is 1. The van der Waals surface area contributed by atoms with E-state index in [0.29, 0.717) is 0 Å². The van der Waals surface area contributed by atoms with Gasteiger partial charge in [-0.05, 0) is 6.07 Å². The standard InChI is InChI=1S/C8H10ClFN2O/c1-13-6(4-11)8-7(10)5(9)2-3-12-8/h2-3,6H,4,11H2,1H3/t6-/m0/s1. The van der Waals surface area contributed by atoms with Crippen LogP contribution in [0.4, 0.5) is 4.39 Å². The van der Waals surface area contributed by atoms with E-state index in [1.54, 1.807) is 0 Å². The van der Waals surface area contributed by atoms with Crippen molar-refractivity contribution in [2.75, 3.05) is 13.7 Å². The second-order valence-electron chi connectivity index (χ2n) is 2.45.